The van der Waals surface area contributed by atoms with Crippen LogP contribution in [0.1, 0.15) is 32.1 Å². The lowest BCUT2D eigenvalue weighted by Crippen LogP contribution is -2.14. The second-order valence-electron chi connectivity index (χ2n) is 7.29. The zero-order valence-electron chi connectivity index (χ0n) is 16.7. The van der Waals surface area contributed by atoms with Crippen molar-refractivity contribution in [1.82, 2.24) is 4.98 Å². The van der Waals surface area contributed by atoms with Crippen LogP contribution in [0.3, 0.4) is 0 Å². The van der Waals surface area contributed by atoms with Crippen LogP contribution < -0.4 is 10.8 Å². The Balaban J connectivity index is 1.97. The van der Waals surface area contributed by atoms with Crippen LogP contribution in [0.4, 0.5) is 5.88 Å². The number of hydrogen-bond acceptors (Lipinski definition) is 7. The molecule has 0 aliphatic carbocycles. The first-order valence-electron chi connectivity index (χ1n) is 8.87. The summed E-state index contributed by atoms with van der Waals surface area (Å²) in [5, 5.41) is 3.06. The van der Waals surface area contributed by atoms with Crippen LogP contribution in [0.5, 0.6) is 0 Å². The van der Waals surface area contributed by atoms with Gasteiger partial charge in [-0.2, -0.15) is 4.98 Å². The number of furan rings is 1. The Morgan fingerprint density at radius 2 is 1.79 bits per heavy atom. The van der Waals surface area contributed by atoms with E-state index in [1.54, 1.807) is 12.3 Å². The standard InChI is InChI=1S/C20H25N2O5P/c1-20(2,3)15-10-8-14(9-11-15)17-22-19(28(23,24-4)25-5)18(27-17)21-13-16-7-6-12-26-16/h6-12,21H,13H2,1-5H3. The van der Waals surface area contributed by atoms with Gasteiger partial charge in [0, 0.05) is 19.8 Å². The van der Waals surface area contributed by atoms with Crippen LogP contribution in [0.25, 0.3) is 11.5 Å². The molecule has 1 aromatic carbocycles. The number of oxazole rings is 1. The molecule has 0 spiro atoms. The quantitative estimate of drug-likeness (QED) is 0.557. The van der Waals surface area contributed by atoms with Gasteiger partial charge >= 0.3 is 7.60 Å². The van der Waals surface area contributed by atoms with E-state index in [2.05, 4.69) is 31.1 Å². The van der Waals surface area contributed by atoms with Gasteiger partial charge in [-0.1, -0.05) is 32.9 Å². The summed E-state index contributed by atoms with van der Waals surface area (Å²) in [7, 11) is -0.986. The second-order valence-corrected chi connectivity index (χ2v) is 9.44. The highest BCUT2D eigenvalue weighted by atomic mass is 31.2. The first-order chi connectivity index (χ1) is 13.3. The predicted molar refractivity (Wildman–Crippen MR) is 108 cm³/mol. The molecule has 0 aliphatic rings. The van der Waals surface area contributed by atoms with Crippen molar-refractivity contribution in [3.8, 4) is 11.5 Å². The highest BCUT2D eigenvalue weighted by molar-refractivity contribution is 7.62. The van der Waals surface area contributed by atoms with Crippen molar-refractivity contribution < 1.29 is 22.4 Å². The van der Waals surface area contributed by atoms with Crippen molar-refractivity contribution in [2.24, 2.45) is 0 Å². The van der Waals surface area contributed by atoms with E-state index in [0.717, 1.165) is 5.56 Å². The van der Waals surface area contributed by atoms with Gasteiger partial charge in [-0.25, -0.2) is 0 Å². The number of anilines is 1. The minimum Gasteiger partial charge on any atom is -0.467 e. The molecule has 0 aliphatic heterocycles. The minimum atomic E-state index is -3.61. The zero-order valence-corrected chi connectivity index (χ0v) is 17.6. The Bertz CT molecular complexity index is 948. The highest BCUT2D eigenvalue weighted by Crippen LogP contribution is 2.47. The van der Waals surface area contributed by atoms with Crippen molar-refractivity contribution in [2.75, 3.05) is 19.5 Å². The molecule has 150 valence electrons. The molecule has 3 rings (SSSR count). The summed E-state index contributed by atoms with van der Waals surface area (Å²) >= 11 is 0. The molecule has 0 bridgehead atoms. The molecule has 2 aromatic heterocycles. The van der Waals surface area contributed by atoms with Gasteiger partial charge in [0.2, 0.25) is 17.2 Å². The van der Waals surface area contributed by atoms with Crippen LogP contribution in [-0.2, 0) is 25.6 Å². The van der Waals surface area contributed by atoms with Gasteiger partial charge in [-0.15, -0.1) is 0 Å². The molecule has 0 fully saturated rings. The summed E-state index contributed by atoms with van der Waals surface area (Å²) in [5.41, 5.74) is 2.09. The summed E-state index contributed by atoms with van der Waals surface area (Å²) < 4.78 is 34.3. The monoisotopic (exact) mass is 404 g/mol. The van der Waals surface area contributed by atoms with E-state index in [1.807, 2.05) is 30.3 Å². The molecule has 3 aromatic rings. The van der Waals surface area contributed by atoms with Crippen LogP contribution in [0, 0.1) is 0 Å². The van der Waals surface area contributed by atoms with Crippen molar-refractivity contribution >= 4 is 18.9 Å². The first kappa shape index (κ1) is 20.4. The molecule has 8 heteroatoms. The third-order valence-electron chi connectivity index (χ3n) is 4.35. The van der Waals surface area contributed by atoms with E-state index in [0.29, 0.717) is 18.2 Å². The molecule has 0 amide bonds. The van der Waals surface area contributed by atoms with E-state index in [9.17, 15) is 4.57 Å². The lowest BCUT2D eigenvalue weighted by atomic mass is 9.87. The fraction of sp³-hybridized carbons (Fsp3) is 0.350. The number of nitrogens with one attached hydrogen (secondary N) is 1. The van der Waals surface area contributed by atoms with E-state index in [4.69, 9.17) is 17.9 Å². The highest BCUT2D eigenvalue weighted by Gasteiger charge is 2.34. The topological polar surface area (TPSA) is 86.7 Å². The molecule has 2 heterocycles. The van der Waals surface area contributed by atoms with Crippen LogP contribution >= 0.6 is 7.60 Å². The van der Waals surface area contributed by atoms with Crippen molar-refractivity contribution in [3.63, 3.8) is 0 Å². The van der Waals surface area contributed by atoms with E-state index >= 15 is 0 Å². The zero-order chi connectivity index (χ0) is 20.4. The first-order valence-corrected chi connectivity index (χ1v) is 10.4. The van der Waals surface area contributed by atoms with Crippen molar-refractivity contribution in [1.29, 1.82) is 0 Å². The number of rotatable bonds is 7. The van der Waals surface area contributed by atoms with E-state index in [1.165, 1.54) is 19.8 Å². The Morgan fingerprint density at radius 3 is 2.32 bits per heavy atom. The molecule has 0 atom stereocenters. The lowest BCUT2D eigenvalue weighted by Gasteiger charge is -2.18. The van der Waals surface area contributed by atoms with Gasteiger partial charge in [-0.3, -0.25) is 4.57 Å². The van der Waals surface area contributed by atoms with E-state index < -0.39 is 7.60 Å². The molecule has 0 unspecified atom stereocenters. The maximum absolute atomic E-state index is 12.9. The summed E-state index contributed by atoms with van der Waals surface area (Å²) in [6.07, 6.45) is 1.58. The molecule has 0 saturated carbocycles. The predicted octanol–water partition coefficient (Wildman–Crippen LogP) is 4.96. The largest absolute Gasteiger partial charge is 0.467 e. The summed E-state index contributed by atoms with van der Waals surface area (Å²) in [6, 6.07) is 11.5. The third kappa shape index (κ3) is 4.22. The third-order valence-corrected chi connectivity index (χ3v) is 6.13. The number of hydrogen-bond donors (Lipinski definition) is 1. The van der Waals surface area contributed by atoms with Crippen LogP contribution in [0.15, 0.2) is 51.5 Å². The van der Waals surface area contributed by atoms with Gasteiger partial charge in [0.05, 0.1) is 12.8 Å². The van der Waals surface area contributed by atoms with Gasteiger partial charge in [-0.05, 0) is 35.2 Å². The molecule has 1 N–H and O–H groups in total. The SMILES string of the molecule is COP(=O)(OC)c1nc(-c2ccc(C(C)(C)C)cc2)oc1NCc1ccco1. The van der Waals surface area contributed by atoms with E-state index in [-0.39, 0.29) is 16.7 Å². The van der Waals surface area contributed by atoms with Gasteiger partial charge in [0.25, 0.3) is 0 Å². The number of aromatic nitrogens is 1. The van der Waals surface area contributed by atoms with Gasteiger partial charge in [0.1, 0.15) is 5.76 Å². The van der Waals surface area contributed by atoms with Crippen LogP contribution in [-0.4, -0.2) is 19.2 Å². The molecule has 7 nitrogen and oxygen atoms in total. The summed E-state index contributed by atoms with van der Waals surface area (Å²) in [4.78, 5) is 4.41. The number of nitrogens with zero attached hydrogens (tertiary/aromatic N) is 1. The minimum absolute atomic E-state index is 0.0395. The fourth-order valence-corrected chi connectivity index (χ4v) is 3.76. The van der Waals surface area contributed by atoms with Gasteiger partial charge in [0.15, 0.2) is 0 Å². The Hall–Kier alpha value is -2.34. The summed E-state index contributed by atoms with van der Waals surface area (Å²) in [6.45, 7) is 6.78. The van der Waals surface area contributed by atoms with Crippen LogP contribution in [0.2, 0.25) is 0 Å². The summed E-state index contributed by atoms with van der Waals surface area (Å²) in [5.74, 6) is 1.24. The van der Waals surface area contributed by atoms with Crippen molar-refractivity contribution in [3.05, 3.63) is 54.0 Å². The maximum Gasteiger partial charge on any atom is 0.384 e. The molecule has 0 saturated heterocycles. The average molecular weight is 404 g/mol. The lowest BCUT2D eigenvalue weighted by molar-refractivity contribution is 0.286. The smallest absolute Gasteiger partial charge is 0.384 e. The van der Waals surface area contributed by atoms with Gasteiger partial charge < -0.3 is 23.2 Å². The Labute approximate surface area is 164 Å². The maximum atomic E-state index is 12.9. The number of benzene rings is 1. The van der Waals surface area contributed by atoms with Crippen molar-refractivity contribution in [2.45, 2.75) is 32.7 Å². The second kappa shape index (κ2) is 7.95. The molecule has 28 heavy (non-hydrogen) atoms. The molecule has 0 radical (unpaired) electrons. The fourth-order valence-electron chi connectivity index (χ4n) is 2.68. The average Bonchev–Trinajstić information content (AvgIpc) is 3.35. The molecular weight excluding hydrogens is 379 g/mol. The Morgan fingerprint density at radius 1 is 1.11 bits per heavy atom. The normalized spacial score (nSPS) is 12.3. The Kier molecular flexibility index (Phi) is 5.79. The molecular formula is C20H25N2O5P.